The number of ketones is 1. The second kappa shape index (κ2) is 7.20. The van der Waals surface area contributed by atoms with Crippen LogP contribution in [0.1, 0.15) is 49.9 Å². The number of anilines is 1. The highest BCUT2D eigenvalue weighted by atomic mass is 16.1. The number of rotatable bonds is 7. The van der Waals surface area contributed by atoms with Gasteiger partial charge < -0.3 is 4.90 Å². The Morgan fingerprint density at radius 3 is 1.94 bits per heavy atom. The van der Waals surface area contributed by atoms with E-state index in [9.17, 15) is 4.79 Å². The first-order chi connectivity index (χ1) is 8.60. The Bertz CT molecular complexity index is 361. The second-order valence-corrected chi connectivity index (χ2v) is 5.08. The molecule has 0 aromatic heterocycles. The fourth-order valence-electron chi connectivity index (χ4n) is 2.26. The van der Waals surface area contributed by atoms with Crippen molar-refractivity contribution in [2.24, 2.45) is 5.92 Å². The molecule has 0 amide bonds. The second-order valence-electron chi connectivity index (χ2n) is 5.08. The van der Waals surface area contributed by atoms with E-state index in [4.69, 9.17) is 0 Å². The molecule has 2 nitrogen and oxygen atoms in total. The van der Waals surface area contributed by atoms with Gasteiger partial charge in [0.25, 0.3) is 0 Å². The van der Waals surface area contributed by atoms with Gasteiger partial charge in [-0.15, -0.1) is 0 Å². The average molecular weight is 247 g/mol. The Hall–Kier alpha value is -1.31. The maximum absolute atomic E-state index is 12.4. The normalized spacial score (nSPS) is 10.7. The van der Waals surface area contributed by atoms with Gasteiger partial charge in [-0.25, -0.2) is 0 Å². The van der Waals surface area contributed by atoms with E-state index < -0.39 is 0 Å². The molecule has 0 aliphatic heterocycles. The van der Waals surface area contributed by atoms with Crippen molar-refractivity contribution in [1.82, 2.24) is 0 Å². The Labute approximate surface area is 111 Å². The van der Waals surface area contributed by atoms with Crippen LogP contribution >= 0.6 is 0 Å². The number of carbonyl (C=O) groups excluding carboxylic acids is 1. The molecule has 0 spiro atoms. The number of carbonyl (C=O) groups is 1. The number of hydrogen-bond donors (Lipinski definition) is 0. The number of nitrogens with zero attached hydrogens (tertiary/aromatic N) is 1. The SMILES string of the molecule is CCCC(CCC)C(=O)c1ccc(N(C)C)cc1. The van der Waals surface area contributed by atoms with Crippen LogP contribution in [0.5, 0.6) is 0 Å². The predicted octanol–water partition coefficient (Wildman–Crippen LogP) is 4.15. The van der Waals surface area contributed by atoms with E-state index in [0.717, 1.165) is 36.9 Å². The van der Waals surface area contributed by atoms with Gasteiger partial charge in [-0.2, -0.15) is 0 Å². The van der Waals surface area contributed by atoms with Gasteiger partial charge in [0.1, 0.15) is 0 Å². The van der Waals surface area contributed by atoms with Crippen LogP contribution in [0.3, 0.4) is 0 Å². The van der Waals surface area contributed by atoms with E-state index >= 15 is 0 Å². The van der Waals surface area contributed by atoms with E-state index in [1.807, 2.05) is 43.3 Å². The first-order valence-electron chi connectivity index (χ1n) is 6.91. The van der Waals surface area contributed by atoms with Crippen LogP contribution in [0.25, 0.3) is 0 Å². The molecular weight excluding hydrogens is 222 g/mol. The molecule has 1 aromatic carbocycles. The molecule has 0 radical (unpaired) electrons. The van der Waals surface area contributed by atoms with E-state index in [1.54, 1.807) is 0 Å². The van der Waals surface area contributed by atoms with Crippen molar-refractivity contribution in [3.05, 3.63) is 29.8 Å². The van der Waals surface area contributed by atoms with Crippen molar-refractivity contribution < 1.29 is 4.79 Å². The highest BCUT2D eigenvalue weighted by Gasteiger charge is 2.18. The van der Waals surface area contributed by atoms with E-state index in [2.05, 4.69) is 13.8 Å². The third-order valence-electron chi connectivity index (χ3n) is 3.31. The average Bonchev–Trinajstić information content (AvgIpc) is 2.38. The van der Waals surface area contributed by atoms with E-state index in [-0.39, 0.29) is 5.92 Å². The monoisotopic (exact) mass is 247 g/mol. The lowest BCUT2D eigenvalue weighted by Crippen LogP contribution is -2.15. The lowest BCUT2D eigenvalue weighted by Gasteiger charge is -2.16. The number of Topliss-reactive ketones (excluding diaryl/α,β-unsaturated/α-hetero) is 1. The fraction of sp³-hybridized carbons (Fsp3) is 0.562. The van der Waals surface area contributed by atoms with Gasteiger partial charge in [-0.05, 0) is 37.1 Å². The highest BCUT2D eigenvalue weighted by Crippen LogP contribution is 2.21. The molecule has 0 atom stereocenters. The Morgan fingerprint density at radius 2 is 1.56 bits per heavy atom. The molecule has 100 valence electrons. The quantitative estimate of drug-likeness (QED) is 0.675. The van der Waals surface area contributed by atoms with Crippen LogP contribution in [0.2, 0.25) is 0 Å². The summed E-state index contributed by atoms with van der Waals surface area (Å²) < 4.78 is 0. The molecule has 0 saturated heterocycles. The molecule has 0 fully saturated rings. The van der Waals surface area contributed by atoms with Crippen molar-refractivity contribution >= 4 is 11.5 Å². The molecule has 1 rings (SSSR count). The minimum atomic E-state index is 0.199. The third-order valence-corrected chi connectivity index (χ3v) is 3.31. The summed E-state index contributed by atoms with van der Waals surface area (Å²) in [7, 11) is 4.02. The lowest BCUT2D eigenvalue weighted by atomic mass is 9.90. The van der Waals surface area contributed by atoms with Crippen LogP contribution in [0.15, 0.2) is 24.3 Å². The van der Waals surface area contributed by atoms with Gasteiger partial charge in [0.15, 0.2) is 5.78 Å². The maximum Gasteiger partial charge on any atom is 0.165 e. The van der Waals surface area contributed by atoms with Crippen LogP contribution in [-0.2, 0) is 0 Å². The molecule has 18 heavy (non-hydrogen) atoms. The van der Waals surface area contributed by atoms with Gasteiger partial charge in [-0.1, -0.05) is 26.7 Å². The summed E-state index contributed by atoms with van der Waals surface area (Å²) in [4.78, 5) is 14.4. The summed E-state index contributed by atoms with van der Waals surface area (Å²) in [6, 6.07) is 7.94. The molecule has 0 aliphatic rings. The van der Waals surface area contributed by atoms with Crippen molar-refractivity contribution in [1.29, 1.82) is 0 Å². The van der Waals surface area contributed by atoms with Crippen LogP contribution < -0.4 is 4.90 Å². The first-order valence-corrected chi connectivity index (χ1v) is 6.91. The molecule has 0 N–H and O–H groups in total. The Morgan fingerprint density at radius 1 is 1.06 bits per heavy atom. The van der Waals surface area contributed by atoms with Crippen molar-refractivity contribution in [3.63, 3.8) is 0 Å². The lowest BCUT2D eigenvalue weighted by molar-refractivity contribution is 0.0905. The van der Waals surface area contributed by atoms with Crippen molar-refractivity contribution in [2.45, 2.75) is 39.5 Å². The third kappa shape index (κ3) is 3.86. The highest BCUT2D eigenvalue weighted by molar-refractivity contribution is 5.98. The molecule has 0 bridgehead atoms. The van der Waals surface area contributed by atoms with Crippen LogP contribution in [-0.4, -0.2) is 19.9 Å². The van der Waals surface area contributed by atoms with Gasteiger partial charge in [-0.3, -0.25) is 4.79 Å². The summed E-state index contributed by atoms with van der Waals surface area (Å²) in [6.45, 7) is 4.29. The van der Waals surface area contributed by atoms with E-state index in [0.29, 0.717) is 5.78 Å². The molecule has 0 saturated carbocycles. The summed E-state index contributed by atoms with van der Waals surface area (Å²) in [5.41, 5.74) is 1.99. The minimum Gasteiger partial charge on any atom is -0.378 e. The molecule has 0 aliphatic carbocycles. The maximum atomic E-state index is 12.4. The zero-order chi connectivity index (χ0) is 13.5. The molecule has 1 aromatic rings. The van der Waals surface area contributed by atoms with Gasteiger partial charge in [0, 0.05) is 31.3 Å². The summed E-state index contributed by atoms with van der Waals surface area (Å²) >= 11 is 0. The minimum absolute atomic E-state index is 0.199. The van der Waals surface area contributed by atoms with Gasteiger partial charge >= 0.3 is 0 Å². The molecule has 2 heteroatoms. The Balaban J connectivity index is 2.81. The summed E-state index contributed by atoms with van der Waals surface area (Å²) in [5, 5.41) is 0. The Kier molecular flexibility index (Phi) is 5.90. The van der Waals surface area contributed by atoms with Crippen molar-refractivity contribution in [3.8, 4) is 0 Å². The smallest absolute Gasteiger partial charge is 0.165 e. The molecule has 0 heterocycles. The van der Waals surface area contributed by atoms with Gasteiger partial charge in [0.2, 0.25) is 0 Å². The molecular formula is C16H25NO. The first kappa shape index (κ1) is 14.7. The predicted molar refractivity (Wildman–Crippen MR) is 78.4 cm³/mol. The zero-order valence-corrected chi connectivity index (χ0v) is 12.1. The fourth-order valence-corrected chi connectivity index (χ4v) is 2.26. The van der Waals surface area contributed by atoms with Gasteiger partial charge in [0.05, 0.1) is 0 Å². The zero-order valence-electron chi connectivity index (χ0n) is 12.1. The summed E-state index contributed by atoms with van der Waals surface area (Å²) in [6.07, 6.45) is 4.16. The topological polar surface area (TPSA) is 20.3 Å². The van der Waals surface area contributed by atoms with Crippen LogP contribution in [0, 0.1) is 5.92 Å². The largest absolute Gasteiger partial charge is 0.378 e. The standard InChI is InChI=1S/C16H25NO/c1-5-7-13(8-6-2)16(18)14-9-11-15(12-10-14)17(3)4/h9-13H,5-8H2,1-4H3. The van der Waals surface area contributed by atoms with E-state index in [1.165, 1.54) is 0 Å². The van der Waals surface area contributed by atoms with Crippen molar-refractivity contribution in [2.75, 3.05) is 19.0 Å². The summed E-state index contributed by atoms with van der Waals surface area (Å²) in [5.74, 6) is 0.509. The number of benzene rings is 1. The number of hydrogen-bond acceptors (Lipinski definition) is 2. The molecule has 0 unspecified atom stereocenters. The van der Waals surface area contributed by atoms with Crippen LogP contribution in [0.4, 0.5) is 5.69 Å².